The Morgan fingerprint density at radius 2 is 1.71 bits per heavy atom. The van der Waals surface area contributed by atoms with E-state index in [4.69, 9.17) is 0 Å². The SMILES string of the molecule is O=C(C[C@H]1NC(=O)N(CCc2ccccc2)C1=O)N1CCc2ccccc2C1. The Hall–Kier alpha value is -3.15. The minimum atomic E-state index is -0.770. The number of fused-ring (bicyclic) bond motifs is 1. The highest BCUT2D eigenvalue weighted by atomic mass is 16.2. The number of benzene rings is 2. The van der Waals surface area contributed by atoms with Crippen LogP contribution in [-0.4, -0.2) is 46.8 Å². The zero-order chi connectivity index (χ0) is 19.5. The minimum Gasteiger partial charge on any atom is -0.338 e. The fourth-order valence-electron chi connectivity index (χ4n) is 3.82. The monoisotopic (exact) mass is 377 g/mol. The fourth-order valence-corrected chi connectivity index (χ4v) is 3.82. The van der Waals surface area contributed by atoms with Gasteiger partial charge in [0.2, 0.25) is 5.91 Å². The van der Waals surface area contributed by atoms with E-state index in [0.717, 1.165) is 17.5 Å². The molecule has 1 N–H and O–H groups in total. The third-order valence-electron chi connectivity index (χ3n) is 5.44. The molecule has 1 saturated heterocycles. The van der Waals surface area contributed by atoms with Crippen molar-refractivity contribution in [2.24, 2.45) is 0 Å². The van der Waals surface area contributed by atoms with E-state index in [9.17, 15) is 14.4 Å². The molecule has 0 aromatic heterocycles. The first-order chi connectivity index (χ1) is 13.6. The molecule has 0 aliphatic carbocycles. The van der Waals surface area contributed by atoms with E-state index in [1.165, 1.54) is 10.5 Å². The molecule has 28 heavy (non-hydrogen) atoms. The van der Waals surface area contributed by atoms with Gasteiger partial charge in [0.1, 0.15) is 6.04 Å². The lowest BCUT2D eigenvalue weighted by atomic mass is 9.99. The Labute approximate surface area is 164 Å². The van der Waals surface area contributed by atoms with Crippen molar-refractivity contribution in [3.05, 3.63) is 71.3 Å². The lowest BCUT2D eigenvalue weighted by Gasteiger charge is -2.29. The van der Waals surface area contributed by atoms with Crippen LogP contribution in [0.15, 0.2) is 54.6 Å². The number of rotatable bonds is 5. The summed E-state index contributed by atoms with van der Waals surface area (Å²) in [5.41, 5.74) is 3.48. The first-order valence-corrected chi connectivity index (χ1v) is 9.62. The number of nitrogens with one attached hydrogen (secondary N) is 1. The lowest BCUT2D eigenvalue weighted by Crippen LogP contribution is -2.41. The van der Waals surface area contributed by atoms with E-state index >= 15 is 0 Å². The first-order valence-electron chi connectivity index (χ1n) is 9.62. The molecule has 4 rings (SSSR count). The molecule has 0 spiro atoms. The highest BCUT2D eigenvalue weighted by molar-refractivity contribution is 6.05. The number of hydrogen-bond donors (Lipinski definition) is 1. The molecule has 6 heteroatoms. The molecule has 2 aromatic carbocycles. The van der Waals surface area contributed by atoms with Crippen molar-refractivity contribution in [1.29, 1.82) is 0 Å². The summed E-state index contributed by atoms with van der Waals surface area (Å²) in [6.45, 7) is 1.51. The molecule has 0 saturated carbocycles. The summed E-state index contributed by atoms with van der Waals surface area (Å²) in [4.78, 5) is 40.5. The number of amides is 4. The average Bonchev–Trinajstić information content (AvgIpc) is 2.99. The Bertz CT molecular complexity index is 897. The maximum atomic E-state index is 12.7. The second-order valence-corrected chi connectivity index (χ2v) is 7.27. The van der Waals surface area contributed by atoms with Gasteiger partial charge in [-0.3, -0.25) is 14.5 Å². The number of carbonyl (C=O) groups is 3. The van der Waals surface area contributed by atoms with Gasteiger partial charge in [0.05, 0.1) is 6.42 Å². The minimum absolute atomic E-state index is 0.00851. The molecule has 1 atom stereocenters. The molecule has 1 fully saturated rings. The van der Waals surface area contributed by atoms with E-state index in [1.54, 1.807) is 4.90 Å². The second kappa shape index (κ2) is 7.84. The highest BCUT2D eigenvalue weighted by Gasteiger charge is 2.39. The van der Waals surface area contributed by atoms with Crippen molar-refractivity contribution in [2.45, 2.75) is 31.8 Å². The predicted molar refractivity (Wildman–Crippen MR) is 104 cm³/mol. The molecular formula is C22H23N3O3. The van der Waals surface area contributed by atoms with Crippen LogP contribution in [0.25, 0.3) is 0 Å². The van der Waals surface area contributed by atoms with Gasteiger partial charge in [0.15, 0.2) is 0 Å². The summed E-state index contributed by atoms with van der Waals surface area (Å²) in [5, 5.41) is 2.67. The van der Waals surface area contributed by atoms with E-state index < -0.39 is 12.1 Å². The molecule has 144 valence electrons. The van der Waals surface area contributed by atoms with Crippen LogP contribution in [0.4, 0.5) is 4.79 Å². The third-order valence-corrected chi connectivity index (χ3v) is 5.44. The summed E-state index contributed by atoms with van der Waals surface area (Å²) in [7, 11) is 0. The fraction of sp³-hybridized carbons (Fsp3) is 0.318. The van der Waals surface area contributed by atoms with Crippen LogP contribution >= 0.6 is 0 Å². The van der Waals surface area contributed by atoms with Crippen LogP contribution in [0.5, 0.6) is 0 Å². The molecule has 2 heterocycles. The Morgan fingerprint density at radius 3 is 2.50 bits per heavy atom. The van der Waals surface area contributed by atoms with Crippen molar-refractivity contribution in [2.75, 3.05) is 13.1 Å². The van der Waals surface area contributed by atoms with Gasteiger partial charge in [-0.25, -0.2) is 4.79 Å². The number of carbonyl (C=O) groups excluding carboxylic acids is 3. The maximum Gasteiger partial charge on any atom is 0.324 e. The van der Waals surface area contributed by atoms with Crippen LogP contribution in [0.3, 0.4) is 0 Å². The number of hydrogen-bond acceptors (Lipinski definition) is 3. The molecule has 6 nitrogen and oxygen atoms in total. The highest BCUT2D eigenvalue weighted by Crippen LogP contribution is 2.20. The van der Waals surface area contributed by atoms with Gasteiger partial charge in [0, 0.05) is 19.6 Å². The summed E-state index contributed by atoms with van der Waals surface area (Å²) in [6, 6.07) is 16.6. The smallest absolute Gasteiger partial charge is 0.324 e. The van der Waals surface area contributed by atoms with Gasteiger partial charge in [0.25, 0.3) is 5.91 Å². The van der Waals surface area contributed by atoms with Crippen LogP contribution in [0.1, 0.15) is 23.1 Å². The second-order valence-electron chi connectivity index (χ2n) is 7.27. The van der Waals surface area contributed by atoms with Crippen LogP contribution in [0.2, 0.25) is 0 Å². The molecule has 2 aliphatic rings. The third kappa shape index (κ3) is 3.76. The largest absolute Gasteiger partial charge is 0.338 e. The number of nitrogens with zero attached hydrogens (tertiary/aromatic N) is 2. The van der Waals surface area contributed by atoms with Crippen LogP contribution in [-0.2, 0) is 29.0 Å². The molecule has 2 aliphatic heterocycles. The quantitative estimate of drug-likeness (QED) is 0.812. The average molecular weight is 377 g/mol. The summed E-state index contributed by atoms with van der Waals surface area (Å²) in [5.74, 6) is -0.412. The van der Waals surface area contributed by atoms with Crippen molar-refractivity contribution < 1.29 is 14.4 Å². The first kappa shape index (κ1) is 18.2. The van der Waals surface area contributed by atoms with Gasteiger partial charge in [-0.15, -0.1) is 0 Å². The summed E-state index contributed by atoms with van der Waals surface area (Å²) < 4.78 is 0. The van der Waals surface area contributed by atoms with Crippen molar-refractivity contribution >= 4 is 17.8 Å². The molecule has 2 aromatic rings. The van der Waals surface area contributed by atoms with Gasteiger partial charge >= 0.3 is 6.03 Å². The van der Waals surface area contributed by atoms with Crippen LogP contribution in [0, 0.1) is 0 Å². The molecular weight excluding hydrogens is 354 g/mol. The number of urea groups is 1. The zero-order valence-corrected chi connectivity index (χ0v) is 15.6. The Morgan fingerprint density at radius 1 is 1.00 bits per heavy atom. The van der Waals surface area contributed by atoms with Gasteiger partial charge in [-0.05, 0) is 29.5 Å². The normalized spacial score (nSPS) is 18.8. The van der Waals surface area contributed by atoms with Crippen molar-refractivity contribution in [3.63, 3.8) is 0 Å². The summed E-state index contributed by atoms with van der Waals surface area (Å²) >= 11 is 0. The van der Waals surface area contributed by atoms with Gasteiger partial charge in [-0.2, -0.15) is 0 Å². The molecule has 4 amide bonds. The van der Waals surface area contributed by atoms with Crippen LogP contribution < -0.4 is 5.32 Å². The Balaban J connectivity index is 1.34. The lowest BCUT2D eigenvalue weighted by molar-refractivity contribution is -0.136. The van der Waals surface area contributed by atoms with E-state index in [0.29, 0.717) is 26.1 Å². The molecule has 0 radical (unpaired) electrons. The Kier molecular flexibility index (Phi) is 5.10. The van der Waals surface area contributed by atoms with Crippen molar-refractivity contribution in [1.82, 2.24) is 15.1 Å². The molecule has 0 bridgehead atoms. The molecule has 0 unspecified atom stereocenters. The van der Waals surface area contributed by atoms with Gasteiger partial charge in [-0.1, -0.05) is 54.6 Å². The van der Waals surface area contributed by atoms with Gasteiger partial charge < -0.3 is 10.2 Å². The van der Waals surface area contributed by atoms with E-state index in [1.807, 2.05) is 48.5 Å². The summed E-state index contributed by atoms with van der Waals surface area (Å²) in [6.07, 6.45) is 1.42. The van der Waals surface area contributed by atoms with Crippen molar-refractivity contribution in [3.8, 4) is 0 Å². The predicted octanol–water partition coefficient (Wildman–Crippen LogP) is 2.12. The standard InChI is InChI=1S/C22H23N3O3/c26-20(24-12-11-17-8-4-5-9-18(17)15-24)14-19-21(27)25(22(28)23-19)13-10-16-6-2-1-3-7-16/h1-9,19H,10-15H2,(H,23,28)/t19-/m1/s1. The maximum absolute atomic E-state index is 12.7. The zero-order valence-electron chi connectivity index (χ0n) is 15.6. The van der Waals surface area contributed by atoms with E-state index in [2.05, 4.69) is 11.4 Å². The topological polar surface area (TPSA) is 69.7 Å². The van der Waals surface area contributed by atoms with E-state index in [-0.39, 0.29) is 18.2 Å². The number of imide groups is 1.